The van der Waals surface area contributed by atoms with E-state index in [1.165, 1.54) is 24.8 Å². The van der Waals surface area contributed by atoms with Crippen molar-refractivity contribution < 1.29 is 9.53 Å². The number of nitrogens with zero attached hydrogens (tertiary/aromatic N) is 1. The third-order valence-corrected chi connectivity index (χ3v) is 5.50. The first-order valence-corrected chi connectivity index (χ1v) is 10.3. The molecule has 0 bridgehead atoms. The van der Waals surface area contributed by atoms with Crippen LogP contribution in [-0.2, 0) is 11.2 Å². The van der Waals surface area contributed by atoms with Crippen LogP contribution in [0.1, 0.15) is 70.3 Å². The number of carbonyl (C=O) groups excluding carboxylic acids is 1. The van der Waals surface area contributed by atoms with E-state index < -0.39 is 0 Å². The predicted molar refractivity (Wildman–Crippen MR) is 107 cm³/mol. The second kappa shape index (κ2) is 11.2. The fourth-order valence-electron chi connectivity index (χ4n) is 3.59. The summed E-state index contributed by atoms with van der Waals surface area (Å²) in [5, 5.41) is 0. The summed E-state index contributed by atoms with van der Waals surface area (Å²) in [4.78, 5) is 14.4. The first-order chi connectivity index (χ1) is 12.6. The Balaban J connectivity index is 1.69. The van der Waals surface area contributed by atoms with Gasteiger partial charge in [-0.1, -0.05) is 38.3 Å². The highest BCUT2D eigenvalue weighted by atomic mass is 16.5. The minimum absolute atomic E-state index is 0.238. The van der Waals surface area contributed by atoms with Gasteiger partial charge in [0, 0.05) is 25.6 Å². The van der Waals surface area contributed by atoms with Gasteiger partial charge in [0.1, 0.15) is 5.75 Å². The van der Waals surface area contributed by atoms with Crippen molar-refractivity contribution in [1.82, 2.24) is 4.90 Å². The number of carbonyl (C=O) groups is 1. The van der Waals surface area contributed by atoms with Crippen molar-refractivity contribution in [3.8, 4) is 5.75 Å². The topological polar surface area (TPSA) is 55.6 Å². The Labute approximate surface area is 159 Å². The number of hydrogen-bond donors (Lipinski definition) is 1. The summed E-state index contributed by atoms with van der Waals surface area (Å²) < 4.78 is 5.77. The number of unbranched alkanes of at least 4 members (excludes halogenated alkanes) is 3. The highest BCUT2D eigenvalue weighted by Gasteiger charge is 2.24. The van der Waals surface area contributed by atoms with E-state index in [9.17, 15) is 4.79 Å². The zero-order valence-electron chi connectivity index (χ0n) is 16.6. The van der Waals surface area contributed by atoms with Crippen LogP contribution in [0.25, 0.3) is 0 Å². The molecule has 0 saturated heterocycles. The van der Waals surface area contributed by atoms with Crippen LogP contribution in [0, 0.1) is 0 Å². The molecule has 0 aliphatic heterocycles. The van der Waals surface area contributed by atoms with Gasteiger partial charge in [-0.25, -0.2) is 0 Å². The molecule has 0 unspecified atom stereocenters. The Morgan fingerprint density at radius 2 is 1.81 bits per heavy atom. The summed E-state index contributed by atoms with van der Waals surface area (Å²) in [6, 6.07) is 8.88. The summed E-state index contributed by atoms with van der Waals surface area (Å²) >= 11 is 0. The molecule has 0 spiro atoms. The average molecular weight is 361 g/mol. The predicted octanol–water partition coefficient (Wildman–Crippen LogP) is 4.31. The van der Waals surface area contributed by atoms with Gasteiger partial charge in [-0.05, 0) is 56.2 Å². The molecule has 1 aliphatic rings. The van der Waals surface area contributed by atoms with Crippen LogP contribution in [0.5, 0.6) is 5.75 Å². The van der Waals surface area contributed by atoms with E-state index in [4.69, 9.17) is 10.5 Å². The van der Waals surface area contributed by atoms with Gasteiger partial charge in [0.15, 0.2) is 0 Å². The molecular formula is C22H36N2O2. The maximum atomic E-state index is 12.5. The lowest BCUT2D eigenvalue weighted by Gasteiger charge is -2.33. The number of hydrogen-bond acceptors (Lipinski definition) is 3. The lowest BCUT2D eigenvalue weighted by atomic mass is 9.91. The summed E-state index contributed by atoms with van der Waals surface area (Å²) in [7, 11) is 1.94. The van der Waals surface area contributed by atoms with Crippen LogP contribution < -0.4 is 10.5 Å². The molecule has 26 heavy (non-hydrogen) atoms. The van der Waals surface area contributed by atoms with Gasteiger partial charge in [-0.2, -0.15) is 0 Å². The van der Waals surface area contributed by atoms with Gasteiger partial charge < -0.3 is 15.4 Å². The molecule has 1 aliphatic carbocycles. The third-order valence-electron chi connectivity index (χ3n) is 5.50. The lowest BCUT2D eigenvalue weighted by molar-refractivity contribution is -0.132. The Kier molecular flexibility index (Phi) is 8.96. The molecule has 1 aromatic rings. The molecule has 146 valence electrons. The van der Waals surface area contributed by atoms with Gasteiger partial charge in [-0.15, -0.1) is 0 Å². The van der Waals surface area contributed by atoms with Gasteiger partial charge in [0.2, 0.25) is 5.91 Å². The van der Waals surface area contributed by atoms with Crippen molar-refractivity contribution in [1.29, 1.82) is 0 Å². The van der Waals surface area contributed by atoms with Gasteiger partial charge in [-0.3, -0.25) is 4.79 Å². The summed E-state index contributed by atoms with van der Waals surface area (Å²) in [5.74, 6) is 1.16. The monoisotopic (exact) mass is 360 g/mol. The fraction of sp³-hybridized carbons (Fsp3) is 0.682. The average Bonchev–Trinajstić information content (AvgIpc) is 2.67. The fourth-order valence-corrected chi connectivity index (χ4v) is 3.59. The Hall–Kier alpha value is -1.55. The van der Waals surface area contributed by atoms with Crippen LogP contribution in [0.4, 0.5) is 0 Å². The quantitative estimate of drug-likeness (QED) is 0.633. The minimum Gasteiger partial charge on any atom is -0.494 e. The van der Waals surface area contributed by atoms with E-state index in [0.717, 1.165) is 50.9 Å². The second-order valence-electron chi connectivity index (χ2n) is 7.63. The first kappa shape index (κ1) is 20.8. The summed E-state index contributed by atoms with van der Waals surface area (Å²) in [5.41, 5.74) is 7.15. The van der Waals surface area contributed by atoms with Gasteiger partial charge in [0.25, 0.3) is 0 Å². The van der Waals surface area contributed by atoms with E-state index >= 15 is 0 Å². The smallest absolute Gasteiger partial charge is 0.222 e. The number of ether oxygens (including phenoxy) is 1. The Morgan fingerprint density at radius 1 is 1.12 bits per heavy atom. The van der Waals surface area contributed by atoms with Gasteiger partial charge in [0.05, 0.1) is 6.61 Å². The molecule has 4 heteroatoms. The molecule has 1 saturated carbocycles. The third kappa shape index (κ3) is 6.99. The van der Waals surface area contributed by atoms with Crippen molar-refractivity contribution in [2.75, 3.05) is 13.7 Å². The van der Waals surface area contributed by atoms with Crippen LogP contribution in [0.2, 0.25) is 0 Å². The van der Waals surface area contributed by atoms with E-state index in [2.05, 4.69) is 19.1 Å². The highest BCUT2D eigenvalue weighted by Crippen LogP contribution is 2.22. The SMILES string of the molecule is CCCCCCOc1ccc(CCC(=O)N(C)C2CCC(N)CC2)cc1. The molecule has 1 amide bonds. The number of amides is 1. The number of benzene rings is 1. The maximum Gasteiger partial charge on any atom is 0.222 e. The van der Waals surface area contributed by atoms with Crippen LogP contribution in [0.3, 0.4) is 0 Å². The normalized spacial score (nSPS) is 20.0. The number of rotatable bonds is 10. The summed E-state index contributed by atoms with van der Waals surface area (Å²) in [6.07, 6.45) is 10.4. The maximum absolute atomic E-state index is 12.5. The van der Waals surface area contributed by atoms with Crippen molar-refractivity contribution in [3.05, 3.63) is 29.8 Å². The van der Waals surface area contributed by atoms with Crippen LogP contribution in [-0.4, -0.2) is 36.5 Å². The highest BCUT2D eigenvalue weighted by molar-refractivity contribution is 5.76. The molecule has 0 aromatic heterocycles. The van der Waals surface area contributed by atoms with E-state index in [1.807, 2.05) is 24.1 Å². The standard InChI is InChI=1S/C22H36N2O2/c1-3-4-5-6-17-26-21-14-7-18(8-15-21)9-16-22(25)24(2)20-12-10-19(23)11-13-20/h7-8,14-15,19-20H,3-6,9-13,16-17,23H2,1-2H3. The van der Waals surface area contributed by atoms with Crippen molar-refractivity contribution in [2.45, 2.75) is 83.2 Å². The molecule has 1 fully saturated rings. The summed E-state index contributed by atoms with van der Waals surface area (Å²) in [6.45, 7) is 3.00. The number of nitrogens with two attached hydrogens (primary N) is 1. The molecule has 1 aromatic carbocycles. The van der Waals surface area contributed by atoms with Crippen molar-refractivity contribution >= 4 is 5.91 Å². The lowest BCUT2D eigenvalue weighted by Crippen LogP contribution is -2.41. The zero-order valence-corrected chi connectivity index (χ0v) is 16.6. The van der Waals surface area contributed by atoms with E-state index in [0.29, 0.717) is 18.5 Å². The Bertz CT molecular complexity index is 521. The molecule has 0 atom stereocenters. The molecule has 0 heterocycles. The van der Waals surface area contributed by atoms with Crippen LogP contribution >= 0.6 is 0 Å². The van der Waals surface area contributed by atoms with E-state index in [1.54, 1.807) is 0 Å². The zero-order chi connectivity index (χ0) is 18.8. The molecule has 2 rings (SSSR count). The van der Waals surface area contributed by atoms with Crippen LogP contribution in [0.15, 0.2) is 24.3 Å². The van der Waals surface area contributed by atoms with E-state index in [-0.39, 0.29) is 5.91 Å². The molecular weight excluding hydrogens is 324 g/mol. The minimum atomic E-state index is 0.238. The molecule has 4 nitrogen and oxygen atoms in total. The molecule has 2 N–H and O–H groups in total. The van der Waals surface area contributed by atoms with Gasteiger partial charge >= 0.3 is 0 Å². The Morgan fingerprint density at radius 3 is 2.46 bits per heavy atom. The largest absolute Gasteiger partial charge is 0.494 e. The second-order valence-corrected chi connectivity index (χ2v) is 7.63. The first-order valence-electron chi connectivity index (χ1n) is 10.3. The number of aryl methyl sites for hydroxylation is 1. The van der Waals surface area contributed by atoms with Crippen molar-refractivity contribution in [3.63, 3.8) is 0 Å². The van der Waals surface area contributed by atoms with Crippen molar-refractivity contribution in [2.24, 2.45) is 5.73 Å². The molecule has 0 radical (unpaired) electrons.